The smallest absolute Gasteiger partial charge is 0.390 e. The number of hydrogen-bond acceptors (Lipinski definition) is 7. The summed E-state index contributed by atoms with van der Waals surface area (Å²) in [4.78, 5) is 31.8. The Morgan fingerprint density at radius 3 is 2.11 bits per heavy atom. The van der Waals surface area contributed by atoms with Crippen molar-refractivity contribution in [1.82, 2.24) is 5.32 Å². The van der Waals surface area contributed by atoms with Gasteiger partial charge < -0.3 is 9.74 Å². The van der Waals surface area contributed by atoms with Crippen LogP contribution in [-0.4, -0.2) is 38.2 Å². The highest BCUT2D eigenvalue weighted by molar-refractivity contribution is 6.80. The molecule has 0 saturated carbocycles. The summed E-state index contributed by atoms with van der Waals surface area (Å²) in [6, 6.07) is 0.645. The molecule has 0 atom stereocenters. The average molecular weight is 291 g/mol. The molecule has 2 saturated heterocycles. The summed E-state index contributed by atoms with van der Waals surface area (Å²) in [5, 5.41) is 3.24. The maximum atomic E-state index is 11.5. The van der Waals surface area contributed by atoms with Gasteiger partial charge in [0.2, 0.25) is 0 Å². The predicted molar refractivity (Wildman–Crippen MR) is 66.6 cm³/mol. The summed E-state index contributed by atoms with van der Waals surface area (Å²) < 4.78 is 5.64. The van der Waals surface area contributed by atoms with Crippen LogP contribution in [0.3, 0.4) is 0 Å². The van der Waals surface area contributed by atoms with Crippen LogP contribution in [0.25, 0.3) is 0 Å². The van der Waals surface area contributed by atoms with Crippen molar-refractivity contribution < 1.29 is 28.8 Å². The summed E-state index contributed by atoms with van der Waals surface area (Å²) in [6.45, 7) is 8.69. The Morgan fingerprint density at radius 2 is 1.74 bits per heavy atom. The maximum Gasteiger partial charge on any atom is 0.390 e. The van der Waals surface area contributed by atoms with Gasteiger partial charge in [0, 0.05) is 6.92 Å². The summed E-state index contributed by atoms with van der Waals surface area (Å²) in [5.41, 5.74) is -1.79. The van der Waals surface area contributed by atoms with E-state index in [1.165, 1.54) is 6.92 Å². The maximum absolute atomic E-state index is 11.5. The van der Waals surface area contributed by atoms with Gasteiger partial charge in [0.05, 0.1) is 0 Å². The fourth-order valence-corrected chi connectivity index (χ4v) is 6.37. The van der Waals surface area contributed by atoms with Gasteiger partial charge in [0.1, 0.15) is 0 Å². The second kappa shape index (κ2) is 5.11. The van der Waals surface area contributed by atoms with Gasteiger partial charge in [-0.1, -0.05) is 6.92 Å². The highest BCUT2D eigenvalue weighted by atomic mass is 28.4. The van der Waals surface area contributed by atoms with Gasteiger partial charge in [-0.3, -0.25) is 4.79 Å². The zero-order valence-electron chi connectivity index (χ0n) is 11.8. The van der Waals surface area contributed by atoms with Gasteiger partial charge in [-0.25, -0.2) is 0 Å². The van der Waals surface area contributed by atoms with E-state index in [-0.39, 0.29) is 5.97 Å². The van der Waals surface area contributed by atoms with E-state index in [0.717, 1.165) is 19.5 Å². The van der Waals surface area contributed by atoms with Crippen LogP contribution < -0.4 is 5.32 Å². The molecule has 0 spiro atoms. The molecular weight excluding hydrogens is 270 g/mol. The number of hydrogen-bond donors (Lipinski definition) is 1. The third-order valence-electron chi connectivity index (χ3n) is 3.58. The van der Waals surface area contributed by atoms with Crippen LogP contribution in [0.4, 0.5) is 0 Å². The molecule has 2 aliphatic heterocycles. The normalized spacial score (nSPS) is 22.9. The first-order valence-electron chi connectivity index (χ1n) is 6.53. The Labute approximate surface area is 113 Å². The summed E-state index contributed by atoms with van der Waals surface area (Å²) in [6.07, 6.45) is 0.831. The summed E-state index contributed by atoms with van der Waals surface area (Å²) >= 11 is 0. The number of nitrogens with one attached hydrogen (secondary N) is 1. The molecule has 0 aromatic carbocycles. The van der Waals surface area contributed by atoms with E-state index in [1.807, 2.05) is 6.92 Å². The molecule has 8 heteroatoms. The molecule has 0 amide bonds. The minimum atomic E-state index is -2.87. The zero-order chi connectivity index (χ0) is 14.1. The molecule has 0 aromatic heterocycles. The van der Waals surface area contributed by atoms with Crippen molar-refractivity contribution in [3.63, 3.8) is 0 Å². The number of carbonyl (C=O) groups excluding carboxylic acids is 1. The SMILES string of the molecule is CCNCCC[Si](OC(C)=O)(C1(C)OO1)C1(C)OO1. The van der Waals surface area contributed by atoms with E-state index in [9.17, 15) is 4.79 Å². The van der Waals surface area contributed by atoms with Gasteiger partial charge >= 0.3 is 8.32 Å². The molecule has 2 fully saturated rings. The first kappa shape index (κ1) is 14.9. The van der Waals surface area contributed by atoms with Crippen molar-refractivity contribution >= 4 is 14.3 Å². The molecular formula is C11H21NO6Si. The molecule has 0 aliphatic carbocycles. The standard InChI is InChI=1S/C11H21NO6Si/c1-5-12-7-6-8-19(14-9(2)13,10(3)15-16-10)11(4)17-18-11/h12H,5-8H2,1-4H3. The molecule has 0 unspecified atom stereocenters. The molecule has 2 heterocycles. The quantitative estimate of drug-likeness (QED) is 0.308. The second-order valence-corrected chi connectivity index (χ2v) is 9.28. The van der Waals surface area contributed by atoms with Gasteiger partial charge in [0.25, 0.3) is 16.8 Å². The molecule has 2 rings (SSSR count). The first-order valence-corrected chi connectivity index (χ1v) is 8.65. The van der Waals surface area contributed by atoms with E-state index < -0.39 is 19.1 Å². The lowest BCUT2D eigenvalue weighted by Crippen LogP contribution is -2.63. The molecule has 2 aliphatic rings. The molecule has 19 heavy (non-hydrogen) atoms. The topological polar surface area (TPSA) is 88.5 Å². The highest BCUT2D eigenvalue weighted by Crippen LogP contribution is 2.54. The van der Waals surface area contributed by atoms with Crippen molar-refractivity contribution in [1.29, 1.82) is 0 Å². The van der Waals surface area contributed by atoms with Gasteiger partial charge in [-0.15, -0.1) is 0 Å². The van der Waals surface area contributed by atoms with E-state index in [4.69, 9.17) is 24.0 Å². The average Bonchev–Trinajstić information content (AvgIpc) is 3.23. The van der Waals surface area contributed by atoms with Crippen LogP contribution in [0, 0.1) is 0 Å². The molecule has 1 N–H and O–H groups in total. The van der Waals surface area contributed by atoms with E-state index in [0.29, 0.717) is 6.04 Å². The fraction of sp³-hybridized carbons (Fsp3) is 0.909. The Morgan fingerprint density at radius 1 is 1.21 bits per heavy atom. The van der Waals surface area contributed by atoms with Crippen LogP contribution in [-0.2, 0) is 28.8 Å². The van der Waals surface area contributed by atoms with E-state index >= 15 is 0 Å². The molecule has 110 valence electrons. The van der Waals surface area contributed by atoms with E-state index in [2.05, 4.69) is 5.32 Å². The lowest BCUT2D eigenvalue weighted by Gasteiger charge is -2.31. The Kier molecular flexibility index (Phi) is 4.01. The van der Waals surface area contributed by atoms with Crippen LogP contribution in [0.5, 0.6) is 0 Å². The van der Waals surface area contributed by atoms with Crippen LogP contribution >= 0.6 is 0 Å². The van der Waals surface area contributed by atoms with E-state index in [1.54, 1.807) is 13.8 Å². The van der Waals surface area contributed by atoms with Crippen molar-refractivity contribution in [2.24, 2.45) is 0 Å². The molecule has 7 nitrogen and oxygen atoms in total. The Bertz CT molecular complexity index is 337. The second-order valence-electron chi connectivity index (χ2n) is 5.10. The number of rotatable bonds is 8. The van der Waals surface area contributed by atoms with Crippen molar-refractivity contribution in [3.8, 4) is 0 Å². The summed E-state index contributed by atoms with van der Waals surface area (Å²) in [5.74, 6) is -0.365. The molecule has 0 aromatic rings. The lowest BCUT2D eigenvalue weighted by molar-refractivity contribution is -0.133. The van der Waals surface area contributed by atoms with Gasteiger partial charge in [-0.2, -0.15) is 19.6 Å². The molecule has 0 bridgehead atoms. The Balaban J connectivity index is 2.12. The molecule has 0 radical (unpaired) electrons. The van der Waals surface area contributed by atoms with Gasteiger partial charge in [0.15, 0.2) is 0 Å². The lowest BCUT2D eigenvalue weighted by atomic mass is 10.5. The summed E-state index contributed by atoms with van der Waals surface area (Å²) in [7, 11) is -2.87. The first-order chi connectivity index (χ1) is 8.89. The van der Waals surface area contributed by atoms with Gasteiger partial charge in [-0.05, 0) is 39.4 Å². The van der Waals surface area contributed by atoms with Crippen LogP contribution in [0.2, 0.25) is 6.04 Å². The largest absolute Gasteiger partial charge is 0.507 e. The van der Waals surface area contributed by atoms with Crippen LogP contribution in [0.15, 0.2) is 0 Å². The zero-order valence-corrected chi connectivity index (χ0v) is 12.8. The minimum Gasteiger partial charge on any atom is -0.507 e. The monoisotopic (exact) mass is 291 g/mol. The third-order valence-corrected chi connectivity index (χ3v) is 8.55. The fourth-order valence-electron chi connectivity index (χ4n) is 2.38. The Hall–Kier alpha value is -0.513. The minimum absolute atomic E-state index is 0.365. The van der Waals surface area contributed by atoms with Crippen molar-refractivity contribution in [2.75, 3.05) is 13.1 Å². The van der Waals surface area contributed by atoms with Crippen molar-refractivity contribution in [2.45, 2.75) is 51.0 Å². The highest BCUT2D eigenvalue weighted by Gasteiger charge is 2.82. The van der Waals surface area contributed by atoms with Crippen LogP contribution in [0.1, 0.15) is 34.1 Å². The predicted octanol–water partition coefficient (Wildman–Crippen LogP) is 0.929. The third kappa shape index (κ3) is 2.69. The van der Waals surface area contributed by atoms with Crippen molar-refractivity contribution in [3.05, 3.63) is 0 Å². The number of carbonyl (C=O) groups is 1.